The van der Waals surface area contributed by atoms with Crippen molar-refractivity contribution in [1.29, 1.82) is 0 Å². The van der Waals surface area contributed by atoms with Gasteiger partial charge in [-0.1, -0.05) is 84.6 Å². The summed E-state index contributed by atoms with van der Waals surface area (Å²) in [6.45, 7) is 0.312. The molecule has 1 N–H and O–H groups in total. The first kappa shape index (κ1) is 31.9. The van der Waals surface area contributed by atoms with Crippen LogP contribution in [0.4, 0.5) is 5.69 Å². The zero-order chi connectivity index (χ0) is 30.1. The van der Waals surface area contributed by atoms with E-state index in [9.17, 15) is 18.0 Å². The molecule has 1 aliphatic rings. The Bertz CT molecular complexity index is 1450. The van der Waals surface area contributed by atoms with E-state index >= 15 is 0 Å². The van der Waals surface area contributed by atoms with Crippen LogP contribution < -0.4 is 9.62 Å². The second-order valence-electron chi connectivity index (χ2n) is 10.8. The molecule has 2 amide bonds. The fourth-order valence-electron chi connectivity index (χ4n) is 5.34. The van der Waals surface area contributed by atoms with Crippen LogP contribution in [0.3, 0.4) is 0 Å². The Kier molecular flexibility index (Phi) is 11.3. The molecule has 1 saturated carbocycles. The molecule has 0 radical (unpaired) electrons. The highest BCUT2D eigenvalue weighted by atomic mass is 35.5. The smallest absolute Gasteiger partial charge is 0.243 e. The predicted octanol–water partition coefficient (Wildman–Crippen LogP) is 6.24. The molecule has 0 spiro atoms. The van der Waals surface area contributed by atoms with Gasteiger partial charge >= 0.3 is 0 Å². The summed E-state index contributed by atoms with van der Waals surface area (Å²) < 4.78 is 26.5. The van der Waals surface area contributed by atoms with Crippen molar-refractivity contribution in [3.8, 4) is 0 Å². The highest BCUT2D eigenvalue weighted by Gasteiger charge is 2.32. The van der Waals surface area contributed by atoms with Crippen LogP contribution >= 0.6 is 23.2 Å². The number of carbonyl (C=O) groups excluding carboxylic acids is 2. The van der Waals surface area contributed by atoms with Gasteiger partial charge in [-0.25, -0.2) is 8.42 Å². The molecule has 0 bridgehead atoms. The van der Waals surface area contributed by atoms with Gasteiger partial charge in [0.2, 0.25) is 21.8 Å². The lowest BCUT2D eigenvalue weighted by Crippen LogP contribution is -2.52. The molecule has 0 aliphatic heterocycles. The Labute approximate surface area is 258 Å². The van der Waals surface area contributed by atoms with Crippen molar-refractivity contribution < 1.29 is 18.0 Å². The predicted molar refractivity (Wildman–Crippen MR) is 169 cm³/mol. The monoisotopic (exact) mass is 629 g/mol. The van der Waals surface area contributed by atoms with Crippen molar-refractivity contribution in [2.75, 3.05) is 17.1 Å². The maximum absolute atomic E-state index is 13.9. The third-order valence-electron chi connectivity index (χ3n) is 7.49. The third-order valence-corrected chi connectivity index (χ3v) is 9.17. The number of nitrogens with one attached hydrogen (secondary N) is 1. The minimum atomic E-state index is -3.62. The zero-order valence-electron chi connectivity index (χ0n) is 23.7. The number of halogens is 2. The molecule has 42 heavy (non-hydrogen) atoms. The molecule has 3 aromatic carbocycles. The van der Waals surface area contributed by atoms with Gasteiger partial charge in [-0.15, -0.1) is 0 Å². The molecule has 1 fully saturated rings. The molecular formula is C32H37Cl2N3O4S. The molecular weight excluding hydrogens is 593 g/mol. The van der Waals surface area contributed by atoms with Crippen LogP contribution in [0.2, 0.25) is 10.0 Å². The number of hydrogen-bond donors (Lipinski definition) is 1. The largest absolute Gasteiger partial charge is 0.352 e. The van der Waals surface area contributed by atoms with Crippen molar-refractivity contribution >= 4 is 50.7 Å². The molecule has 0 aromatic heterocycles. The first-order valence-electron chi connectivity index (χ1n) is 14.2. The van der Waals surface area contributed by atoms with Crippen LogP contribution in [0, 0.1) is 0 Å². The number of nitrogens with zero attached hydrogens (tertiary/aromatic N) is 2. The first-order valence-corrected chi connectivity index (χ1v) is 16.8. The fraction of sp³-hybridized carbons (Fsp3) is 0.375. The summed E-state index contributed by atoms with van der Waals surface area (Å²) in [5.41, 5.74) is 2.23. The Hall–Kier alpha value is -3.07. The Morgan fingerprint density at radius 2 is 1.60 bits per heavy atom. The average Bonchev–Trinajstić information content (AvgIpc) is 3.47. The number of anilines is 1. The lowest BCUT2D eigenvalue weighted by atomic mass is 10.0. The lowest BCUT2D eigenvalue weighted by molar-refractivity contribution is -0.141. The number of benzene rings is 3. The summed E-state index contributed by atoms with van der Waals surface area (Å²) >= 11 is 12.2. The minimum Gasteiger partial charge on any atom is -0.352 e. The molecule has 224 valence electrons. The van der Waals surface area contributed by atoms with Gasteiger partial charge in [0.05, 0.1) is 11.9 Å². The number of sulfonamides is 1. The van der Waals surface area contributed by atoms with Gasteiger partial charge in [0.25, 0.3) is 0 Å². The Balaban J connectivity index is 1.58. The molecule has 10 heteroatoms. The van der Waals surface area contributed by atoms with Crippen molar-refractivity contribution in [2.24, 2.45) is 0 Å². The van der Waals surface area contributed by atoms with E-state index in [0.29, 0.717) is 22.2 Å². The summed E-state index contributed by atoms with van der Waals surface area (Å²) in [6, 6.07) is 22.9. The van der Waals surface area contributed by atoms with Crippen LogP contribution in [-0.4, -0.2) is 50.0 Å². The van der Waals surface area contributed by atoms with Crippen molar-refractivity contribution in [2.45, 2.75) is 63.6 Å². The maximum atomic E-state index is 13.9. The standard InChI is InChI=1S/C32H37Cl2N3O4S/c1-42(40,41)37(29-14-7-11-27(34)22-29)20-8-15-31(38)36(23-25-16-18-26(33)19-17-25)30(21-24-9-3-2-4-10-24)32(39)35-28-12-5-6-13-28/h2-4,7,9-11,14,16-19,22,28,30H,5-6,8,12-13,15,20-21,23H2,1H3,(H,35,39)/t30-/m0/s1. The van der Waals surface area contributed by atoms with Crippen molar-refractivity contribution in [3.05, 3.63) is 100 Å². The highest BCUT2D eigenvalue weighted by Crippen LogP contribution is 2.24. The van der Waals surface area contributed by atoms with Gasteiger partial charge < -0.3 is 10.2 Å². The van der Waals surface area contributed by atoms with E-state index in [4.69, 9.17) is 23.2 Å². The second kappa shape index (κ2) is 14.9. The highest BCUT2D eigenvalue weighted by molar-refractivity contribution is 7.92. The topological polar surface area (TPSA) is 86.8 Å². The van der Waals surface area contributed by atoms with Crippen LogP contribution in [0.1, 0.15) is 49.7 Å². The normalized spacial score (nSPS) is 14.4. The maximum Gasteiger partial charge on any atom is 0.243 e. The van der Waals surface area contributed by atoms with E-state index < -0.39 is 16.1 Å². The van der Waals surface area contributed by atoms with E-state index in [1.807, 2.05) is 42.5 Å². The third kappa shape index (κ3) is 9.21. The molecule has 3 aromatic rings. The van der Waals surface area contributed by atoms with E-state index in [1.54, 1.807) is 41.3 Å². The summed E-state index contributed by atoms with van der Waals surface area (Å²) in [4.78, 5) is 29.4. The zero-order valence-corrected chi connectivity index (χ0v) is 26.0. The minimum absolute atomic E-state index is 0.0577. The first-order chi connectivity index (χ1) is 20.1. The summed E-state index contributed by atoms with van der Waals surface area (Å²) in [5, 5.41) is 4.20. The SMILES string of the molecule is CS(=O)(=O)N(CCCC(=O)N(Cc1ccc(Cl)cc1)[C@@H](Cc1ccccc1)C(=O)NC1CCCC1)c1cccc(Cl)c1. The van der Waals surface area contributed by atoms with Crippen LogP contribution in [0.15, 0.2) is 78.9 Å². The van der Waals surface area contributed by atoms with Crippen LogP contribution in [0.25, 0.3) is 0 Å². The number of carbonyl (C=O) groups is 2. The number of hydrogen-bond acceptors (Lipinski definition) is 4. The van der Waals surface area contributed by atoms with Gasteiger partial charge in [-0.3, -0.25) is 13.9 Å². The van der Waals surface area contributed by atoms with E-state index in [-0.39, 0.29) is 43.8 Å². The summed E-state index contributed by atoms with van der Waals surface area (Å²) in [5.74, 6) is -0.406. The van der Waals surface area contributed by atoms with Crippen molar-refractivity contribution in [3.63, 3.8) is 0 Å². The fourth-order valence-corrected chi connectivity index (χ4v) is 6.61. The molecule has 0 saturated heterocycles. The lowest BCUT2D eigenvalue weighted by Gasteiger charge is -2.33. The quantitative estimate of drug-likeness (QED) is 0.242. The molecule has 1 atom stereocenters. The van der Waals surface area contributed by atoms with E-state index in [0.717, 1.165) is 43.1 Å². The molecule has 0 heterocycles. The molecule has 0 unspecified atom stereocenters. The van der Waals surface area contributed by atoms with Gasteiger partial charge in [0.15, 0.2) is 0 Å². The van der Waals surface area contributed by atoms with E-state index in [2.05, 4.69) is 5.32 Å². The van der Waals surface area contributed by atoms with E-state index in [1.165, 1.54) is 4.31 Å². The molecule has 4 rings (SSSR count). The van der Waals surface area contributed by atoms with Gasteiger partial charge in [-0.2, -0.15) is 0 Å². The van der Waals surface area contributed by atoms with Gasteiger partial charge in [-0.05, 0) is 60.7 Å². The number of amides is 2. The molecule has 7 nitrogen and oxygen atoms in total. The Morgan fingerprint density at radius 3 is 2.24 bits per heavy atom. The van der Waals surface area contributed by atoms with Crippen molar-refractivity contribution in [1.82, 2.24) is 10.2 Å². The average molecular weight is 631 g/mol. The second-order valence-corrected chi connectivity index (χ2v) is 13.5. The van der Waals surface area contributed by atoms with Crippen LogP contribution in [-0.2, 0) is 32.6 Å². The van der Waals surface area contributed by atoms with Gasteiger partial charge in [0.1, 0.15) is 6.04 Å². The van der Waals surface area contributed by atoms with Crippen LogP contribution in [0.5, 0.6) is 0 Å². The molecule has 1 aliphatic carbocycles. The van der Waals surface area contributed by atoms with Gasteiger partial charge in [0, 0.05) is 42.0 Å². The number of rotatable bonds is 13. The summed E-state index contributed by atoms with van der Waals surface area (Å²) in [7, 11) is -3.62. The summed E-state index contributed by atoms with van der Waals surface area (Å²) in [6.07, 6.45) is 5.82. The Morgan fingerprint density at radius 1 is 0.905 bits per heavy atom.